The van der Waals surface area contributed by atoms with Gasteiger partial charge in [0.2, 0.25) is 0 Å². The summed E-state index contributed by atoms with van der Waals surface area (Å²) in [6.45, 7) is 5.97. The number of pyridine rings is 1. The van der Waals surface area contributed by atoms with Crippen molar-refractivity contribution in [2.45, 2.75) is 44.7 Å². The lowest BCUT2D eigenvalue weighted by Crippen LogP contribution is -2.40. The quantitative estimate of drug-likeness (QED) is 0.851. The molecule has 0 aromatic carbocycles. The van der Waals surface area contributed by atoms with Crippen LogP contribution in [0.2, 0.25) is 0 Å². The van der Waals surface area contributed by atoms with E-state index in [2.05, 4.69) is 34.3 Å². The Bertz CT molecular complexity index is 382. The SMILES string of the molecule is CC(c1cccnc1)N(CC1CC1)CC1CCCN1. The van der Waals surface area contributed by atoms with Crippen LogP contribution in [0.3, 0.4) is 0 Å². The Labute approximate surface area is 116 Å². The Hall–Kier alpha value is -0.930. The largest absolute Gasteiger partial charge is 0.313 e. The summed E-state index contributed by atoms with van der Waals surface area (Å²) in [5.41, 5.74) is 1.35. The van der Waals surface area contributed by atoms with Crippen LogP contribution < -0.4 is 5.32 Å². The second-order valence-electron chi connectivity index (χ2n) is 6.15. The zero-order valence-corrected chi connectivity index (χ0v) is 11.9. The van der Waals surface area contributed by atoms with Crippen LogP contribution >= 0.6 is 0 Å². The van der Waals surface area contributed by atoms with Crippen LogP contribution in [0.4, 0.5) is 0 Å². The molecule has 2 aliphatic rings. The second-order valence-corrected chi connectivity index (χ2v) is 6.15. The molecule has 3 rings (SSSR count). The van der Waals surface area contributed by atoms with Crippen molar-refractivity contribution in [2.24, 2.45) is 5.92 Å². The minimum atomic E-state index is 0.483. The van der Waals surface area contributed by atoms with E-state index in [1.54, 1.807) is 0 Å². The van der Waals surface area contributed by atoms with Gasteiger partial charge in [-0.1, -0.05) is 6.07 Å². The van der Waals surface area contributed by atoms with Crippen LogP contribution in [0, 0.1) is 5.92 Å². The van der Waals surface area contributed by atoms with Crippen LogP contribution in [0.15, 0.2) is 24.5 Å². The lowest BCUT2D eigenvalue weighted by Gasteiger charge is -2.31. The summed E-state index contributed by atoms with van der Waals surface area (Å²) in [5, 5.41) is 3.63. The summed E-state index contributed by atoms with van der Waals surface area (Å²) < 4.78 is 0. The highest BCUT2D eigenvalue weighted by molar-refractivity contribution is 5.13. The van der Waals surface area contributed by atoms with Gasteiger partial charge in [0.15, 0.2) is 0 Å². The maximum Gasteiger partial charge on any atom is 0.0335 e. The topological polar surface area (TPSA) is 28.2 Å². The average Bonchev–Trinajstić information content (AvgIpc) is 3.12. The molecule has 1 aliphatic carbocycles. The van der Waals surface area contributed by atoms with Gasteiger partial charge in [0, 0.05) is 37.6 Å². The molecule has 1 aliphatic heterocycles. The molecular weight excluding hydrogens is 234 g/mol. The van der Waals surface area contributed by atoms with Gasteiger partial charge in [0.05, 0.1) is 0 Å². The molecule has 0 radical (unpaired) electrons. The molecule has 104 valence electrons. The molecular formula is C16H25N3. The number of hydrogen-bond donors (Lipinski definition) is 1. The van der Waals surface area contributed by atoms with Gasteiger partial charge in [-0.3, -0.25) is 9.88 Å². The molecule has 3 nitrogen and oxygen atoms in total. The molecule has 1 N–H and O–H groups in total. The summed E-state index contributed by atoms with van der Waals surface area (Å²) in [5.74, 6) is 0.945. The predicted octanol–water partition coefficient (Wildman–Crippen LogP) is 2.61. The highest BCUT2D eigenvalue weighted by atomic mass is 15.2. The van der Waals surface area contributed by atoms with Gasteiger partial charge in [0.25, 0.3) is 0 Å². The molecule has 0 bridgehead atoms. The lowest BCUT2D eigenvalue weighted by molar-refractivity contribution is 0.184. The van der Waals surface area contributed by atoms with Gasteiger partial charge in [0.1, 0.15) is 0 Å². The van der Waals surface area contributed by atoms with Gasteiger partial charge >= 0.3 is 0 Å². The number of rotatable bonds is 6. The Balaban J connectivity index is 1.66. The van der Waals surface area contributed by atoms with Crippen molar-refractivity contribution in [2.75, 3.05) is 19.6 Å². The van der Waals surface area contributed by atoms with E-state index >= 15 is 0 Å². The van der Waals surface area contributed by atoms with Crippen molar-refractivity contribution in [1.29, 1.82) is 0 Å². The average molecular weight is 259 g/mol. The monoisotopic (exact) mass is 259 g/mol. The first-order valence-electron chi connectivity index (χ1n) is 7.70. The van der Waals surface area contributed by atoms with E-state index in [0.29, 0.717) is 12.1 Å². The number of aromatic nitrogens is 1. The van der Waals surface area contributed by atoms with E-state index in [9.17, 15) is 0 Å². The molecule has 2 fully saturated rings. The van der Waals surface area contributed by atoms with Crippen molar-refractivity contribution in [3.8, 4) is 0 Å². The minimum absolute atomic E-state index is 0.483. The molecule has 3 heteroatoms. The van der Waals surface area contributed by atoms with Crippen LogP contribution in [0.5, 0.6) is 0 Å². The van der Waals surface area contributed by atoms with Crippen LogP contribution in [-0.4, -0.2) is 35.6 Å². The molecule has 2 atom stereocenters. The molecule has 2 unspecified atom stereocenters. The van der Waals surface area contributed by atoms with Crippen molar-refractivity contribution in [3.63, 3.8) is 0 Å². The maximum absolute atomic E-state index is 4.27. The van der Waals surface area contributed by atoms with E-state index in [1.165, 1.54) is 50.9 Å². The van der Waals surface area contributed by atoms with E-state index in [-0.39, 0.29) is 0 Å². The van der Waals surface area contributed by atoms with Crippen LogP contribution in [0.25, 0.3) is 0 Å². The zero-order valence-electron chi connectivity index (χ0n) is 11.9. The number of hydrogen-bond acceptors (Lipinski definition) is 3. The second kappa shape index (κ2) is 6.02. The third-order valence-electron chi connectivity index (χ3n) is 4.52. The predicted molar refractivity (Wildman–Crippen MR) is 78.0 cm³/mol. The summed E-state index contributed by atoms with van der Waals surface area (Å²) >= 11 is 0. The Morgan fingerprint density at radius 3 is 2.89 bits per heavy atom. The van der Waals surface area contributed by atoms with E-state index in [4.69, 9.17) is 0 Å². The number of nitrogens with one attached hydrogen (secondary N) is 1. The summed E-state index contributed by atoms with van der Waals surface area (Å²) in [4.78, 5) is 6.94. The van der Waals surface area contributed by atoms with Crippen LogP contribution in [-0.2, 0) is 0 Å². The molecule has 1 aromatic heterocycles. The third-order valence-corrected chi connectivity index (χ3v) is 4.52. The van der Waals surface area contributed by atoms with E-state index in [0.717, 1.165) is 5.92 Å². The lowest BCUT2D eigenvalue weighted by atomic mass is 10.1. The Morgan fingerprint density at radius 1 is 1.37 bits per heavy atom. The standard InChI is InChI=1S/C16H25N3/c1-13(15-4-2-8-17-10-15)19(11-14-6-7-14)12-16-5-3-9-18-16/h2,4,8,10,13-14,16,18H,3,5-7,9,11-12H2,1H3. The summed E-state index contributed by atoms with van der Waals surface area (Å²) in [6.07, 6.45) is 9.40. The maximum atomic E-state index is 4.27. The molecule has 0 amide bonds. The molecule has 2 heterocycles. The van der Waals surface area contributed by atoms with Gasteiger partial charge < -0.3 is 5.32 Å². The van der Waals surface area contributed by atoms with Crippen molar-refractivity contribution in [3.05, 3.63) is 30.1 Å². The minimum Gasteiger partial charge on any atom is -0.313 e. The summed E-state index contributed by atoms with van der Waals surface area (Å²) in [7, 11) is 0. The first-order valence-corrected chi connectivity index (χ1v) is 7.70. The van der Waals surface area contributed by atoms with Gasteiger partial charge in [-0.25, -0.2) is 0 Å². The van der Waals surface area contributed by atoms with E-state index < -0.39 is 0 Å². The summed E-state index contributed by atoms with van der Waals surface area (Å²) in [6, 6.07) is 5.43. The van der Waals surface area contributed by atoms with Crippen molar-refractivity contribution >= 4 is 0 Å². The van der Waals surface area contributed by atoms with Crippen LogP contribution in [0.1, 0.15) is 44.2 Å². The first kappa shape index (κ1) is 13.1. The van der Waals surface area contributed by atoms with Gasteiger partial charge in [-0.05, 0) is 56.7 Å². The smallest absolute Gasteiger partial charge is 0.0335 e. The molecule has 1 saturated heterocycles. The fourth-order valence-corrected chi connectivity index (χ4v) is 3.05. The Kier molecular flexibility index (Phi) is 4.14. The third kappa shape index (κ3) is 3.54. The normalized spacial score (nSPS) is 24.8. The highest BCUT2D eigenvalue weighted by Gasteiger charge is 2.29. The molecule has 0 spiro atoms. The zero-order chi connectivity index (χ0) is 13.1. The fourth-order valence-electron chi connectivity index (χ4n) is 3.05. The molecule has 19 heavy (non-hydrogen) atoms. The highest BCUT2D eigenvalue weighted by Crippen LogP contribution is 2.33. The number of nitrogens with zero attached hydrogens (tertiary/aromatic N) is 2. The van der Waals surface area contributed by atoms with Crippen molar-refractivity contribution in [1.82, 2.24) is 15.2 Å². The molecule has 1 aromatic rings. The molecule has 1 saturated carbocycles. The fraction of sp³-hybridized carbons (Fsp3) is 0.688. The van der Waals surface area contributed by atoms with Gasteiger partial charge in [-0.15, -0.1) is 0 Å². The van der Waals surface area contributed by atoms with Crippen molar-refractivity contribution < 1.29 is 0 Å². The first-order chi connectivity index (χ1) is 9.33. The Morgan fingerprint density at radius 2 is 2.26 bits per heavy atom. The van der Waals surface area contributed by atoms with Gasteiger partial charge in [-0.2, -0.15) is 0 Å². The van der Waals surface area contributed by atoms with E-state index in [1.807, 2.05) is 12.4 Å².